The summed E-state index contributed by atoms with van der Waals surface area (Å²) in [6.07, 6.45) is 2.31. The Kier molecular flexibility index (Phi) is 3.38. The van der Waals surface area contributed by atoms with Crippen LogP contribution in [0.3, 0.4) is 0 Å². The van der Waals surface area contributed by atoms with Crippen LogP contribution in [0.2, 0.25) is 0 Å². The van der Waals surface area contributed by atoms with Crippen molar-refractivity contribution in [2.24, 2.45) is 0 Å². The van der Waals surface area contributed by atoms with Crippen LogP contribution in [0.25, 0.3) is 11.1 Å². The molecule has 2 unspecified atom stereocenters. The number of carbonyl (C=O) groups is 2. The lowest BCUT2D eigenvalue weighted by Crippen LogP contribution is -2.49. The lowest BCUT2D eigenvalue weighted by molar-refractivity contribution is -0.127. The van der Waals surface area contributed by atoms with Crippen LogP contribution in [0.5, 0.6) is 0 Å². The monoisotopic (exact) mass is 297 g/mol. The van der Waals surface area contributed by atoms with E-state index in [1.54, 1.807) is 24.5 Å². The number of carbonyl (C=O) groups excluding carboxylic acids is 2. The van der Waals surface area contributed by atoms with E-state index in [9.17, 15) is 14.7 Å². The molecule has 6 heteroatoms. The van der Waals surface area contributed by atoms with Crippen molar-refractivity contribution < 1.29 is 14.7 Å². The fourth-order valence-corrected chi connectivity index (χ4v) is 2.47. The number of benzene rings is 1. The predicted molar refractivity (Wildman–Crippen MR) is 79.7 cm³/mol. The summed E-state index contributed by atoms with van der Waals surface area (Å²) >= 11 is 0. The lowest BCUT2D eigenvalue weighted by Gasteiger charge is -2.27. The summed E-state index contributed by atoms with van der Waals surface area (Å²) in [6, 6.07) is 10.3. The molecule has 1 aromatic heterocycles. The van der Waals surface area contributed by atoms with Gasteiger partial charge >= 0.3 is 6.03 Å². The van der Waals surface area contributed by atoms with Gasteiger partial charge in [0, 0.05) is 12.4 Å². The van der Waals surface area contributed by atoms with E-state index in [0.29, 0.717) is 5.56 Å². The first-order valence-corrected chi connectivity index (χ1v) is 6.83. The first-order chi connectivity index (χ1) is 10.5. The van der Waals surface area contributed by atoms with Gasteiger partial charge in [-0.3, -0.25) is 15.1 Å². The lowest BCUT2D eigenvalue weighted by atomic mass is 9.89. The van der Waals surface area contributed by atoms with E-state index in [4.69, 9.17) is 0 Å². The van der Waals surface area contributed by atoms with Crippen molar-refractivity contribution in [3.63, 3.8) is 0 Å². The van der Waals surface area contributed by atoms with Gasteiger partial charge in [0.05, 0.1) is 0 Å². The summed E-state index contributed by atoms with van der Waals surface area (Å²) in [4.78, 5) is 27.2. The Hall–Kier alpha value is -2.73. The minimum atomic E-state index is -1.37. The van der Waals surface area contributed by atoms with Gasteiger partial charge in [0.2, 0.25) is 0 Å². The number of rotatable bonds is 3. The number of hydrogen-bond donors (Lipinski definition) is 3. The maximum atomic E-state index is 11.8. The third-order valence-corrected chi connectivity index (χ3v) is 3.84. The fraction of sp³-hybridized carbons (Fsp3) is 0.188. The number of urea groups is 1. The summed E-state index contributed by atoms with van der Waals surface area (Å²) in [5, 5.41) is 15.0. The van der Waals surface area contributed by atoms with E-state index in [1.165, 1.54) is 6.92 Å². The highest BCUT2D eigenvalue weighted by atomic mass is 16.3. The van der Waals surface area contributed by atoms with Gasteiger partial charge in [-0.2, -0.15) is 0 Å². The second-order valence-corrected chi connectivity index (χ2v) is 5.38. The number of aromatic nitrogens is 1. The van der Waals surface area contributed by atoms with Gasteiger partial charge < -0.3 is 10.4 Å². The molecule has 2 aromatic rings. The maximum absolute atomic E-state index is 11.8. The molecule has 2 atom stereocenters. The van der Waals surface area contributed by atoms with Crippen molar-refractivity contribution in [3.05, 3.63) is 54.4 Å². The van der Waals surface area contributed by atoms with Gasteiger partial charge in [-0.25, -0.2) is 4.79 Å². The first kappa shape index (κ1) is 14.2. The summed E-state index contributed by atoms with van der Waals surface area (Å²) in [6.45, 7) is 1.49. The molecule has 1 aromatic carbocycles. The van der Waals surface area contributed by atoms with Gasteiger partial charge in [-0.1, -0.05) is 30.3 Å². The summed E-state index contributed by atoms with van der Waals surface area (Å²) < 4.78 is 0. The molecule has 0 bridgehead atoms. The van der Waals surface area contributed by atoms with Crippen molar-refractivity contribution >= 4 is 11.9 Å². The molecule has 0 spiro atoms. The van der Waals surface area contributed by atoms with E-state index in [1.807, 2.05) is 24.3 Å². The standard InChI is InChI=1S/C16H15N3O3/c1-16(14(21)18-15(22)19-16)13(20)11-6-4-10(5-7-11)12-3-2-8-17-9-12/h2-9,13,20H,1H3,(H2,18,19,21,22). The van der Waals surface area contributed by atoms with Crippen LogP contribution >= 0.6 is 0 Å². The number of hydrogen-bond acceptors (Lipinski definition) is 4. The molecule has 112 valence electrons. The van der Waals surface area contributed by atoms with E-state index >= 15 is 0 Å². The molecule has 0 aliphatic carbocycles. The Labute approximate surface area is 127 Å². The van der Waals surface area contributed by atoms with Crippen LogP contribution < -0.4 is 10.6 Å². The Balaban J connectivity index is 1.87. The SMILES string of the molecule is CC1(C(O)c2ccc(-c3cccnc3)cc2)NC(=O)NC1=O. The molecule has 6 nitrogen and oxygen atoms in total. The number of nitrogens with one attached hydrogen (secondary N) is 2. The van der Waals surface area contributed by atoms with Crippen LogP contribution in [0.4, 0.5) is 4.79 Å². The second kappa shape index (κ2) is 5.23. The second-order valence-electron chi connectivity index (χ2n) is 5.38. The zero-order valence-corrected chi connectivity index (χ0v) is 11.9. The highest BCUT2D eigenvalue weighted by molar-refractivity contribution is 6.07. The van der Waals surface area contributed by atoms with Crippen LogP contribution in [-0.2, 0) is 4.79 Å². The van der Waals surface area contributed by atoms with Crippen LogP contribution in [0.15, 0.2) is 48.8 Å². The van der Waals surface area contributed by atoms with Crippen LogP contribution in [0, 0.1) is 0 Å². The third-order valence-electron chi connectivity index (χ3n) is 3.84. The number of pyridine rings is 1. The molecule has 0 radical (unpaired) electrons. The molecule has 3 rings (SSSR count). The number of aliphatic hydroxyl groups is 1. The fourth-order valence-electron chi connectivity index (χ4n) is 2.47. The van der Waals surface area contributed by atoms with E-state index < -0.39 is 23.6 Å². The van der Waals surface area contributed by atoms with Gasteiger partial charge in [0.1, 0.15) is 11.6 Å². The molecule has 1 saturated heterocycles. The van der Waals surface area contributed by atoms with Gasteiger partial charge in [-0.15, -0.1) is 0 Å². The van der Waals surface area contributed by atoms with Crippen molar-refractivity contribution in [3.8, 4) is 11.1 Å². The Morgan fingerprint density at radius 3 is 2.41 bits per heavy atom. The average molecular weight is 297 g/mol. The molecule has 1 fully saturated rings. The third kappa shape index (κ3) is 2.33. The molecule has 3 N–H and O–H groups in total. The number of aliphatic hydroxyl groups excluding tert-OH is 1. The van der Waals surface area contributed by atoms with E-state index in [0.717, 1.165) is 11.1 Å². The number of imide groups is 1. The summed E-state index contributed by atoms with van der Waals surface area (Å²) in [5.74, 6) is -0.540. The predicted octanol–water partition coefficient (Wildman–Crippen LogP) is 1.38. The maximum Gasteiger partial charge on any atom is 0.322 e. The Morgan fingerprint density at radius 2 is 1.86 bits per heavy atom. The molecule has 1 aliphatic heterocycles. The molecule has 1 aliphatic rings. The van der Waals surface area contributed by atoms with Crippen LogP contribution in [-0.4, -0.2) is 27.6 Å². The van der Waals surface area contributed by atoms with E-state index in [-0.39, 0.29) is 0 Å². The van der Waals surface area contributed by atoms with Gasteiger partial charge in [0.25, 0.3) is 5.91 Å². The number of nitrogens with zero attached hydrogens (tertiary/aromatic N) is 1. The van der Waals surface area contributed by atoms with Crippen LogP contribution in [0.1, 0.15) is 18.6 Å². The van der Waals surface area contributed by atoms with Crippen molar-refractivity contribution in [1.82, 2.24) is 15.6 Å². The summed E-state index contributed by atoms with van der Waals surface area (Å²) in [7, 11) is 0. The van der Waals surface area contributed by atoms with Crippen molar-refractivity contribution in [2.45, 2.75) is 18.6 Å². The van der Waals surface area contributed by atoms with E-state index in [2.05, 4.69) is 15.6 Å². The molecule has 22 heavy (non-hydrogen) atoms. The highest BCUT2D eigenvalue weighted by Crippen LogP contribution is 2.30. The van der Waals surface area contributed by atoms with Crippen molar-refractivity contribution in [2.75, 3.05) is 0 Å². The molecule has 2 heterocycles. The highest BCUT2D eigenvalue weighted by Gasteiger charge is 2.48. The minimum Gasteiger partial charge on any atom is -0.385 e. The Morgan fingerprint density at radius 1 is 1.14 bits per heavy atom. The topological polar surface area (TPSA) is 91.3 Å². The smallest absolute Gasteiger partial charge is 0.322 e. The normalized spacial score (nSPS) is 22.1. The molecule has 3 amide bonds. The molecular formula is C16H15N3O3. The molecular weight excluding hydrogens is 282 g/mol. The van der Waals surface area contributed by atoms with Gasteiger partial charge in [0.15, 0.2) is 0 Å². The first-order valence-electron chi connectivity index (χ1n) is 6.83. The quantitative estimate of drug-likeness (QED) is 0.746. The zero-order valence-electron chi connectivity index (χ0n) is 11.9. The van der Waals surface area contributed by atoms with Gasteiger partial charge in [-0.05, 0) is 29.7 Å². The van der Waals surface area contributed by atoms with Crippen molar-refractivity contribution in [1.29, 1.82) is 0 Å². The average Bonchev–Trinajstić information content (AvgIpc) is 2.81. The minimum absolute atomic E-state index is 0.540. The molecule has 0 saturated carbocycles. The summed E-state index contributed by atoms with van der Waals surface area (Å²) in [5.41, 5.74) is 1.09. The Bertz CT molecular complexity index is 715. The zero-order chi connectivity index (χ0) is 15.7. The largest absolute Gasteiger partial charge is 0.385 e. The number of amides is 3.